The third-order valence-electron chi connectivity index (χ3n) is 2.62. The van der Waals surface area contributed by atoms with Crippen molar-refractivity contribution in [1.29, 1.82) is 0 Å². The molecule has 2 aliphatic rings. The first kappa shape index (κ1) is 7.11. The fraction of sp³-hybridized carbons (Fsp3) is 1.00. The van der Waals surface area contributed by atoms with E-state index in [1.807, 2.05) is 0 Å². The van der Waals surface area contributed by atoms with Crippen molar-refractivity contribution in [2.45, 2.75) is 25.4 Å². The van der Waals surface area contributed by atoms with Crippen LogP contribution in [0.3, 0.4) is 0 Å². The van der Waals surface area contributed by atoms with Crippen molar-refractivity contribution in [3.63, 3.8) is 0 Å². The maximum absolute atomic E-state index is 5.59. The second-order valence-corrected chi connectivity index (χ2v) is 4.01. The van der Waals surface area contributed by atoms with Crippen molar-refractivity contribution in [2.24, 2.45) is 11.8 Å². The van der Waals surface area contributed by atoms with Crippen LogP contribution in [0.2, 0.25) is 0 Å². The summed E-state index contributed by atoms with van der Waals surface area (Å²) in [5.74, 6) is 1.84. The van der Waals surface area contributed by atoms with Crippen molar-refractivity contribution in [2.75, 3.05) is 11.9 Å². The molecule has 1 aliphatic heterocycles. The van der Waals surface area contributed by atoms with E-state index in [4.69, 9.17) is 4.74 Å². The number of rotatable bonds is 2. The molecule has 1 heterocycles. The van der Waals surface area contributed by atoms with Crippen LogP contribution in [0.25, 0.3) is 0 Å². The molecule has 1 aliphatic carbocycles. The summed E-state index contributed by atoms with van der Waals surface area (Å²) >= 11 is 3.51. The van der Waals surface area contributed by atoms with Gasteiger partial charge in [-0.3, -0.25) is 0 Å². The molecule has 1 nitrogen and oxygen atoms in total. The highest BCUT2D eigenvalue weighted by Gasteiger charge is 2.43. The van der Waals surface area contributed by atoms with Crippen LogP contribution in [-0.4, -0.2) is 18.0 Å². The molecule has 3 atom stereocenters. The van der Waals surface area contributed by atoms with Gasteiger partial charge in [-0.15, -0.1) is 0 Å². The summed E-state index contributed by atoms with van der Waals surface area (Å²) in [5.41, 5.74) is 0. The standard InChI is InChI=1S/C8H13BrO/c9-5-6-4-7(6)8-2-1-3-10-8/h6-8H,1-5H2. The van der Waals surface area contributed by atoms with Gasteiger partial charge >= 0.3 is 0 Å². The van der Waals surface area contributed by atoms with Gasteiger partial charge in [0, 0.05) is 11.9 Å². The third-order valence-corrected chi connectivity index (χ3v) is 3.45. The molecule has 2 rings (SSSR count). The van der Waals surface area contributed by atoms with Crippen LogP contribution in [0.4, 0.5) is 0 Å². The zero-order valence-corrected chi connectivity index (χ0v) is 7.64. The van der Waals surface area contributed by atoms with E-state index >= 15 is 0 Å². The molecule has 3 unspecified atom stereocenters. The van der Waals surface area contributed by atoms with E-state index < -0.39 is 0 Å². The molecule has 0 spiro atoms. The quantitative estimate of drug-likeness (QED) is 0.628. The third kappa shape index (κ3) is 1.24. The minimum Gasteiger partial charge on any atom is -0.378 e. The molecule has 0 aromatic rings. The predicted molar refractivity (Wildman–Crippen MR) is 44.4 cm³/mol. The Bertz CT molecular complexity index is 120. The highest BCUT2D eigenvalue weighted by Crippen LogP contribution is 2.46. The van der Waals surface area contributed by atoms with Gasteiger partial charge in [0.15, 0.2) is 0 Å². The SMILES string of the molecule is BrCC1CC1C1CCCO1. The Balaban J connectivity index is 1.79. The normalized spacial score (nSPS) is 45.9. The van der Waals surface area contributed by atoms with Crippen molar-refractivity contribution >= 4 is 15.9 Å². The van der Waals surface area contributed by atoms with Gasteiger partial charge in [-0.25, -0.2) is 0 Å². The Kier molecular flexibility index (Phi) is 2.01. The average Bonchev–Trinajstić information content (AvgIpc) is 2.56. The molecule has 0 N–H and O–H groups in total. The molecule has 0 radical (unpaired) electrons. The highest BCUT2D eigenvalue weighted by molar-refractivity contribution is 9.09. The number of alkyl halides is 1. The van der Waals surface area contributed by atoms with Crippen LogP contribution < -0.4 is 0 Å². The molecular formula is C8H13BrO. The number of hydrogen-bond donors (Lipinski definition) is 0. The van der Waals surface area contributed by atoms with Gasteiger partial charge in [-0.1, -0.05) is 15.9 Å². The number of ether oxygens (including phenoxy) is 1. The van der Waals surface area contributed by atoms with Crippen LogP contribution in [0.15, 0.2) is 0 Å². The van der Waals surface area contributed by atoms with Gasteiger partial charge in [-0.05, 0) is 31.1 Å². The number of halogens is 1. The van der Waals surface area contributed by atoms with E-state index in [9.17, 15) is 0 Å². The highest BCUT2D eigenvalue weighted by atomic mass is 79.9. The van der Waals surface area contributed by atoms with Crippen molar-refractivity contribution < 1.29 is 4.74 Å². The smallest absolute Gasteiger partial charge is 0.0607 e. The first-order chi connectivity index (χ1) is 4.92. The van der Waals surface area contributed by atoms with E-state index in [2.05, 4.69) is 15.9 Å². The topological polar surface area (TPSA) is 9.23 Å². The Morgan fingerprint density at radius 3 is 2.90 bits per heavy atom. The Labute approximate surface area is 70.3 Å². The lowest BCUT2D eigenvalue weighted by molar-refractivity contribution is 0.0907. The van der Waals surface area contributed by atoms with Crippen LogP contribution >= 0.6 is 15.9 Å². The summed E-state index contributed by atoms with van der Waals surface area (Å²) in [6.45, 7) is 1.01. The van der Waals surface area contributed by atoms with Crippen LogP contribution in [0.1, 0.15) is 19.3 Å². The van der Waals surface area contributed by atoms with E-state index in [0.717, 1.165) is 18.4 Å². The molecule has 10 heavy (non-hydrogen) atoms. The van der Waals surface area contributed by atoms with E-state index in [1.165, 1.54) is 24.6 Å². The van der Waals surface area contributed by atoms with Crippen molar-refractivity contribution in [1.82, 2.24) is 0 Å². The Hall–Kier alpha value is 0.440. The van der Waals surface area contributed by atoms with Crippen molar-refractivity contribution in [3.8, 4) is 0 Å². The molecule has 58 valence electrons. The molecule has 1 saturated heterocycles. The Morgan fingerprint density at radius 1 is 1.50 bits per heavy atom. The molecule has 2 heteroatoms. The van der Waals surface area contributed by atoms with Gasteiger partial charge in [0.05, 0.1) is 6.10 Å². The summed E-state index contributed by atoms with van der Waals surface area (Å²) in [6, 6.07) is 0. The molecular weight excluding hydrogens is 192 g/mol. The monoisotopic (exact) mass is 204 g/mol. The van der Waals surface area contributed by atoms with Crippen LogP contribution in [0, 0.1) is 11.8 Å². The van der Waals surface area contributed by atoms with Crippen LogP contribution in [-0.2, 0) is 4.74 Å². The molecule has 0 amide bonds. The lowest BCUT2D eigenvalue weighted by atomic mass is 10.1. The van der Waals surface area contributed by atoms with Crippen molar-refractivity contribution in [3.05, 3.63) is 0 Å². The maximum atomic E-state index is 5.59. The van der Waals surface area contributed by atoms with Gasteiger partial charge in [-0.2, -0.15) is 0 Å². The molecule has 2 fully saturated rings. The summed E-state index contributed by atoms with van der Waals surface area (Å²) in [5, 5.41) is 1.18. The van der Waals surface area contributed by atoms with Gasteiger partial charge in [0.25, 0.3) is 0 Å². The average molecular weight is 205 g/mol. The lowest BCUT2D eigenvalue weighted by Gasteiger charge is -2.06. The fourth-order valence-corrected chi connectivity index (χ4v) is 2.59. The molecule has 0 bridgehead atoms. The summed E-state index contributed by atoms with van der Waals surface area (Å²) < 4.78 is 5.59. The summed E-state index contributed by atoms with van der Waals surface area (Å²) in [4.78, 5) is 0. The zero-order chi connectivity index (χ0) is 6.97. The summed E-state index contributed by atoms with van der Waals surface area (Å²) in [6.07, 6.45) is 4.63. The molecule has 0 aromatic carbocycles. The zero-order valence-electron chi connectivity index (χ0n) is 6.05. The minimum atomic E-state index is 0.627. The van der Waals surface area contributed by atoms with Gasteiger partial charge in [0.2, 0.25) is 0 Å². The second kappa shape index (κ2) is 2.82. The van der Waals surface area contributed by atoms with Crippen LogP contribution in [0.5, 0.6) is 0 Å². The first-order valence-electron chi connectivity index (χ1n) is 4.09. The lowest BCUT2D eigenvalue weighted by Crippen LogP contribution is -2.09. The van der Waals surface area contributed by atoms with E-state index in [-0.39, 0.29) is 0 Å². The summed E-state index contributed by atoms with van der Waals surface area (Å²) in [7, 11) is 0. The molecule has 0 aromatic heterocycles. The maximum Gasteiger partial charge on any atom is 0.0607 e. The number of hydrogen-bond acceptors (Lipinski definition) is 1. The van der Waals surface area contributed by atoms with Gasteiger partial charge in [0.1, 0.15) is 0 Å². The van der Waals surface area contributed by atoms with Gasteiger partial charge < -0.3 is 4.74 Å². The van der Waals surface area contributed by atoms with E-state index in [1.54, 1.807) is 0 Å². The minimum absolute atomic E-state index is 0.627. The van der Waals surface area contributed by atoms with E-state index in [0.29, 0.717) is 6.10 Å². The predicted octanol–water partition coefficient (Wildman–Crippen LogP) is 2.20. The second-order valence-electron chi connectivity index (χ2n) is 3.37. The fourth-order valence-electron chi connectivity index (χ4n) is 1.84. The first-order valence-corrected chi connectivity index (χ1v) is 5.21. The molecule has 1 saturated carbocycles. The Morgan fingerprint density at radius 2 is 2.40 bits per heavy atom. The largest absolute Gasteiger partial charge is 0.378 e.